The molecule has 0 heterocycles. The van der Waals surface area contributed by atoms with Crippen molar-refractivity contribution in [1.29, 1.82) is 0 Å². The van der Waals surface area contributed by atoms with Crippen LogP contribution in [0.4, 0.5) is 5.69 Å². The molecule has 4 nitrogen and oxygen atoms in total. The number of rotatable bonds is 2. The van der Waals surface area contributed by atoms with E-state index in [0.29, 0.717) is 15.7 Å². The Hall–Kier alpha value is -2.01. The molecule has 0 radical (unpaired) electrons. The molecule has 3 N–H and O–H groups in total. The highest BCUT2D eigenvalue weighted by molar-refractivity contribution is 9.10. The highest BCUT2D eigenvalue weighted by Crippen LogP contribution is 2.25. The smallest absolute Gasteiger partial charge is 0.255 e. The first-order valence-corrected chi connectivity index (χ1v) is 5.94. The summed E-state index contributed by atoms with van der Waals surface area (Å²) >= 11 is 3.14. The summed E-state index contributed by atoms with van der Waals surface area (Å²) in [5.41, 5.74) is 0.821. The van der Waals surface area contributed by atoms with Gasteiger partial charge in [0.2, 0.25) is 0 Å². The van der Waals surface area contributed by atoms with E-state index in [0.717, 1.165) is 0 Å². The minimum Gasteiger partial charge on any atom is -0.508 e. The fourth-order valence-electron chi connectivity index (χ4n) is 1.44. The molecule has 0 aliphatic rings. The fraction of sp³-hybridized carbons (Fsp3) is 0. The number of hydrogen-bond donors (Lipinski definition) is 3. The van der Waals surface area contributed by atoms with E-state index in [1.807, 2.05) is 0 Å². The third-order valence-corrected chi connectivity index (χ3v) is 2.98. The molecule has 0 atom stereocenters. The Morgan fingerprint density at radius 3 is 2.56 bits per heavy atom. The van der Waals surface area contributed by atoms with Crippen molar-refractivity contribution in [3.05, 3.63) is 52.5 Å². The molecule has 0 spiro atoms. The van der Waals surface area contributed by atoms with Crippen molar-refractivity contribution in [3.63, 3.8) is 0 Å². The van der Waals surface area contributed by atoms with Crippen LogP contribution in [0, 0.1) is 0 Å². The van der Waals surface area contributed by atoms with Crippen LogP contribution in [-0.4, -0.2) is 16.1 Å². The number of phenolic OH excluding ortho intramolecular Hbond substituents is 2. The maximum absolute atomic E-state index is 11.9. The van der Waals surface area contributed by atoms with E-state index in [2.05, 4.69) is 21.2 Å². The zero-order chi connectivity index (χ0) is 13.1. The molecule has 1 amide bonds. The van der Waals surface area contributed by atoms with Gasteiger partial charge in [-0.2, -0.15) is 0 Å². The highest BCUT2D eigenvalue weighted by atomic mass is 79.9. The molecule has 0 bridgehead atoms. The molecule has 2 aromatic carbocycles. The van der Waals surface area contributed by atoms with Gasteiger partial charge in [-0.3, -0.25) is 4.79 Å². The minimum absolute atomic E-state index is 0.00133. The number of nitrogens with one attached hydrogen (secondary N) is 1. The number of halogens is 1. The van der Waals surface area contributed by atoms with Crippen LogP contribution < -0.4 is 5.32 Å². The standard InChI is InChI=1S/C13H10BrNO3/c14-11-5-4-8(6-12(11)17)13(18)15-9-2-1-3-10(16)7-9/h1-7,16-17H,(H,15,18). The summed E-state index contributed by atoms with van der Waals surface area (Å²) in [6, 6.07) is 10.8. The van der Waals surface area contributed by atoms with Gasteiger partial charge in [0, 0.05) is 17.3 Å². The van der Waals surface area contributed by atoms with Crippen molar-refractivity contribution in [1.82, 2.24) is 0 Å². The monoisotopic (exact) mass is 307 g/mol. The van der Waals surface area contributed by atoms with E-state index in [-0.39, 0.29) is 17.4 Å². The van der Waals surface area contributed by atoms with E-state index in [1.165, 1.54) is 18.2 Å². The van der Waals surface area contributed by atoms with E-state index in [1.54, 1.807) is 24.3 Å². The number of anilines is 1. The number of aromatic hydroxyl groups is 2. The number of carbonyl (C=O) groups excluding carboxylic acids is 1. The topological polar surface area (TPSA) is 69.6 Å². The lowest BCUT2D eigenvalue weighted by atomic mass is 10.2. The zero-order valence-electron chi connectivity index (χ0n) is 9.22. The summed E-state index contributed by atoms with van der Waals surface area (Å²) in [5.74, 6) is -0.284. The molecule has 0 aromatic heterocycles. The molecule has 18 heavy (non-hydrogen) atoms. The van der Waals surface area contributed by atoms with Crippen LogP contribution in [0.5, 0.6) is 11.5 Å². The van der Waals surface area contributed by atoms with E-state index in [9.17, 15) is 15.0 Å². The Bertz CT molecular complexity index is 599. The molecule has 0 unspecified atom stereocenters. The lowest BCUT2D eigenvalue weighted by Crippen LogP contribution is -2.11. The first-order valence-electron chi connectivity index (χ1n) is 5.15. The van der Waals surface area contributed by atoms with Gasteiger partial charge in [-0.1, -0.05) is 6.07 Å². The first-order chi connectivity index (χ1) is 8.56. The first kappa shape index (κ1) is 12.4. The number of amides is 1. The molecule has 2 rings (SSSR count). The number of hydrogen-bond acceptors (Lipinski definition) is 3. The van der Waals surface area contributed by atoms with Crippen molar-refractivity contribution in [2.24, 2.45) is 0 Å². The molecule has 0 fully saturated rings. The van der Waals surface area contributed by atoms with Crippen LogP contribution in [-0.2, 0) is 0 Å². The summed E-state index contributed by atoms with van der Waals surface area (Å²) in [6.07, 6.45) is 0. The maximum atomic E-state index is 11.9. The Morgan fingerprint density at radius 1 is 1.11 bits per heavy atom. The van der Waals surface area contributed by atoms with Crippen LogP contribution in [0.15, 0.2) is 46.9 Å². The van der Waals surface area contributed by atoms with Crippen LogP contribution in [0.2, 0.25) is 0 Å². The molecule has 2 aromatic rings. The normalized spacial score (nSPS) is 10.1. The van der Waals surface area contributed by atoms with Gasteiger partial charge >= 0.3 is 0 Å². The van der Waals surface area contributed by atoms with Gasteiger partial charge in [0.25, 0.3) is 5.91 Å². The van der Waals surface area contributed by atoms with Gasteiger partial charge in [0.1, 0.15) is 11.5 Å². The molecular weight excluding hydrogens is 298 g/mol. The minimum atomic E-state index is -0.358. The van der Waals surface area contributed by atoms with Gasteiger partial charge < -0.3 is 15.5 Å². The van der Waals surface area contributed by atoms with Crippen molar-refractivity contribution in [3.8, 4) is 11.5 Å². The van der Waals surface area contributed by atoms with Crippen molar-refractivity contribution in [2.45, 2.75) is 0 Å². The highest BCUT2D eigenvalue weighted by Gasteiger charge is 2.08. The summed E-state index contributed by atoms with van der Waals surface area (Å²) in [4.78, 5) is 11.9. The third-order valence-electron chi connectivity index (χ3n) is 2.31. The van der Waals surface area contributed by atoms with Gasteiger partial charge in [-0.05, 0) is 46.3 Å². The van der Waals surface area contributed by atoms with E-state index in [4.69, 9.17) is 0 Å². The summed E-state index contributed by atoms with van der Waals surface area (Å²) in [5, 5.41) is 21.4. The van der Waals surface area contributed by atoms with Crippen LogP contribution in [0.3, 0.4) is 0 Å². The fourth-order valence-corrected chi connectivity index (χ4v) is 1.69. The SMILES string of the molecule is O=C(Nc1cccc(O)c1)c1ccc(Br)c(O)c1. The molecular formula is C13H10BrNO3. The molecule has 0 saturated carbocycles. The summed E-state index contributed by atoms with van der Waals surface area (Å²) in [6.45, 7) is 0. The maximum Gasteiger partial charge on any atom is 0.255 e. The number of phenols is 2. The number of benzene rings is 2. The lowest BCUT2D eigenvalue weighted by Gasteiger charge is -2.06. The molecule has 5 heteroatoms. The molecule has 0 aliphatic carbocycles. The molecule has 0 aliphatic heterocycles. The second kappa shape index (κ2) is 5.10. The van der Waals surface area contributed by atoms with E-state index >= 15 is 0 Å². The number of carbonyl (C=O) groups is 1. The van der Waals surface area contributed by atoms with Crippen LogP contribution in [0.25, 0.3) is 0 Å². The van der Waals surface area contributed by atoms with Gasteiger partial charge in [-0.15, -0.1) is 0 Å². The largest absolute Gasteiger partial charge is 0.508 e. The average molecular weight is 308 g/mol. The zero-order valence-corrected chi connectivity index (χ0v) is 10.8. The van der Waals surface area contributed by atoms with Gasteiger partial charge in [0.15, 0.2) is 0 Å². The predicted molar refractivity (Wildman–Crippen MR) is 71.9 cm³/mol. The summed E-state index contributed by atoms with van der Waals surface area (Å²) < 4.78 is 0.524. The van der Waals surface area contributed by atoms with Crippen molar-refractivity contribution in [2.75, 3.05) is 5.32 Å². The molecule has 92 valence electrons. The second-order valence-electron chi connectivity index (χ2n) is 3.67. The predicted octanol–water partition coefficient (Wildman–Crippen LogP) is 3.11. The lowest BCUT2D eigenvalue weighted by molar-refractivity contribution is 0.102. The van der Waals surface area contributed by atoms with Crippen molar-refractivity contribution >= 4 is 27.5 Å². The summed E-state index contributed by atoms with van der Waals surface area (Å²) in [7, 11) is 0. The molecule has 0 saturated heterocycles. The third kappa shape index (κ3) is 2.81. The quantitative estimate of drug-likeness (QED) is 0.798. The average Bonchev–Trinajstić information content (AvgIpc) is 2.32. The van der Waals surface area contributed by atoms with Crippen molar-refractivity contribution < 1.29 is 15.0 Å². The second-order valence-corrected chi connectivity index (χ2v) is 4.52. The van der Waals surface area contributed by atoms with E-state index < -0.39 is 0 Å². The Labute approximate surface area is 112 Å². The van der Waals surface area contributed by atoms with Gasteiger partial charge in [0.05, 0.1) is 4.47 Å². The van der Waals surface area contributed by atoms with Crippen LogP contribution >= 0.6 is 15.9 Å². The Balaban J connectivity index is 2.19. The van der Waals surface area contributed by atoms with Gasteiger partial charge in [-0.25, -0.2) is 0 Å². The Kier molecular flexibility index (Phi) is 3.53. The Morgan fingerprint density at radius 2 is 1.89 bits per heavy atom. The van der Waals surface area contributed by atoms with Crippen LogP contribution in [0.1, 0.15) is 10.4 Å².